The fourth-order valence-corrected chi connectivity index (χ4v) is 2.21. The van der Waals surface area contributed by atoms with Crippen molar-refractivity contribution in [3.8, 4) is 0 Å². The highest BCUT2D eigenvalue weighted by molar-refractivity contribution is 6.31. The van der Waals surface area contributed by atoms with Crippen molar-refractivity contribution >= 4 is 23.2 Å². The van der Waals surface area contributed by atoms with Gasteiger partial charge in [0, 0.05) is 42.8 Å². The van der Waals surface area contributed by atoms with E-state index in [1.165, 1.54) is 0 Å². The minimum absolute atomic E-state index is 0.0816. The van der Waals surface area contributed by atoms with Gasteiger partial charge in [0.2, 0.25) is 5.91 Å². The first-order valence-corrected chi connectivity index (χ1v) is 7.40. The summed E-state index contributed by atoms with van der Waals surface area (Å²) in [7, 11) is 0. The third kappa shape index (κ3) is 4.69. The van der Waals surface area contributed by atoms with Crippen LogP contribution in [-0.2, 0) is 4.79 Å². The van der Waals surface area contributed by atoms with E-state index in [1.807, 2.05) is 43.9 Å². The van der Waals surface area contributed by atoms with Crippen LogP contribution < -0.4 is 11.1 Å². The number of nitrogens with one attached hydrogen (secondary N) is 1. The predicted octanol–water partition coefficient (Wildman–Crippen LogP) is 2.65. The van der Waals surface area contributed by atoms with Crippen LogP contribution in [0.25, 0.3) is 0 Å². The molecule has 0 aliphatic carbocycles. The number of carbonyl (C=O) groups excluding carboxylic acids is 1. The van der Waals surface area contributed by atoms with Crippen LogP contribution in [0, 0.1) is 6.92 Å². The minimum atomic E-state index is -0.0816. The van der Waals surface area contributed by atoms with E-state index in [0.717, 1.165) is 24.3 Å². The summed E-state index contributed by atoms with van der Waals surface area (Å²) in [5.74, 6) is 0.121. The molecule has 0 bridgehead atoms. The molecule has 0 aliphatic rings. The number of amides is 1. The molecule has 1 aromatic rings. The molecule has 20 heavy (non-hydrogen) atoms. The molecular weight excluding hydrogens is 274 g/mol. The smallest absolute Gasteiger partial charge is 0.224 e. The molecule has 0 spiro atoms. The maximum atomic E-state index is 12.1. The SMILES string of the molecule is CCN(CC)C(=O)CC(CN)Nc1ccc(C)c(Cl)c1. The molecule has 0 aromatic heterocycles. The first-order chi connectivity index (χ1) is 9.51. The largest absolute Gasteiger partial charge is 0.380 e. The van der Waals surface area contributed by atoms with Crippen LogP contribution in [0.1, 0.15) is 25.8 Å². The maximum absolute atomic E-state index is 12.1. The van der Waals surface area contributed by atoms with Crippen molar-refractivity contribution in [2.75, 3.05) is 25.0 Å². The van der Waals surface area contributed by atoms with Gasteiger partial charge in [-0.05, 0) is 38.5 Å². The number of carbonyl (C=O) groups is 1. The van der Waals surface area contributed by atoms with Gasteiger partial charge in [0.1, 0.15) is 0 Å². The Morgan fingerprint density at radius 3 is 2.55 bits per heavy atom. The van der Waals surface area contributed by atoms with Crippen LogP contribution in [0.15, 0.2) is 18.2 Å². The molecule has 5 heteroatoms. The number of nitrogens with two attached hydrogens (primary N) is 1. The normalized spacial score (nSPS) is 12.1. The Bertz CT molecular complexity index is 447. The van der Waals surface area contributed by atoms with Gasteiger partial charge < -0.3 is 16.0 Å². The summed E-state index contributed by atoms with van der Waals surface area (Å²) < 4.78 is 0. The highest BCUT2D eigenvalue weighted by Crippen LogP contribution is 2.20. The molecule has 0 fully saturated rings. The van der Waals surface area contributed by atoms with Crippen molar-refractivity contribution in [1.29, 1.82) is 0 Å². The molecule has 4 nitrogen and oxygen atoms in total. The Kier molecular flexibility index (Phi) is 6.82. The Hall–Kier alpha value is -1.26. The standard InChI is InChI=1S/C15H24ClN3O/c1-4-19(5-2)15(20)9-13(10-17)18-12-7-6-11(3)14(16)8-12/h6-8,13,18H,4-5,9-10,17H2,1-3H3. The molecule has 3 N–H and O–H groups in total. The summed E-state index contributed by atoms with van der Waals surface area (Å²) in [4.78, 5) is 13.9. The lowest BCUT2D eigenvalue weighted by Crippen LogP contribution is -2.38. The summed E-state index contributed by atoms with van der Waals surface area (Å²) in [5, 5.41) is 3.98. The van der Waals surface area contributed by atoms with Gasteiger partial charge in [-0.2, -0.15) is 0 Å². The molecule has 0 saturated heterocycles. The van der Waals surface area contributed by atoms with Gasteiger partial charge in [0.05, 0.1) is 0 Å². The van der Waals surface area contributed by atoms with Gasteiger partial charge in [0.15, 0.2) is 0 Å². The summed E-state index contributed by atoms with van der Waals surface area (Å²) in [6, 6.07) is 5.68. The monoisotopic (exact) mass is 297 g/mol. The average Bonchev–Trinajstić information content (AvgIpc) is 2.43. The van der Waals surface area contributed by atoms with E-state index in [0.29, 0.717) is 18.0 Å². The summed E-state index contributed by atoms with van der Waals surface area (Å²) in [6.45, 7) is 7.76. The number of nitrogens with zero attached hydrogens (tertiary/aromatic N) is 1. The number of anilines is 1. The quantitative estimate of drug-likeness (QED) is 0.813. The van der Waals surface area contributed by atoms with Crippen molar-refractivity contribution in [1.82, 2.24) is 4.90 Å². The number of halogens is 1. The first kappa shape index (κ1) is 16.8. The molecule has 1 rings (SSSR count). The van der Waals surface area contributed by atoms with Gasteiger partial charge in [-0.3, -0.25) is 4.79 Å². The van der Waals surface area contributed by atoms with Crippen molar-refractivity contribution in [2.24, 2.45) is 5.73 Å². The van der Waals surface area contributed by atoms with E-state index in [2.05, 4.69) is 5.32 Å². The molecule has 1 amide bonds. The molecule has 0 heterocycles. The van der Waals surface area contributed by atoms with Crippen molar-refractivity contribution in [3.63, 3.8) is 0 Å². The zero-order chi connectivity index (χ0) is 15.1. The minimum Gasteiger partial charge on any atom is -0.380 e. The van der Waals surface area contributed by atoms with Gasteiger partial charge in [0.25, 0.3) is 0 Å². The van der Waals surface area contributed by atoms with E-state index in [4.69, 9.17) is 17.3 Å². The van der Waals surface area contributed by atoms with E-state index in [9.17, 15) is 4.79 Å². The molecule has 0 aliphatic heterocycles. The maximum Gasteiger partial charge on any atom is 0.224 e. The first-order valence-electron chi connectivity index (χ1n) is 7.02. The summed E-state index contributed by atoms with van der Waals surface area (Å²) in [6.07, 6.45) is 0.393. The van der Waals surface area contributed by atoms with Crippen LogP contribution in [0.2, 0.25) is 5.02 Å². The zero-order valence-electron chi connectivity index (χ0n) is 12.4. The molecular formula is C15H24ClN3O. The zero-order valence-corrected chi connectivity index (χ0v) is 13.2. The van der Waals surface area contributed by atoms with Crippen molar-refractivity contribution in [3.05, 3.63) is 28.8 Å². The van der Waals surface area contributed by atoms with Crippen molar-refractivity contribution in [2.45, 2.75) is 33.2 Å². The Morgan fingerprint density at radius 1 is 1.40 bits per heavy atom. The summed E-state index contributed by atoms with van der Waals surface area (Å²) >= 11 is 6.10. The molecule has 112 valence electrons. The average molecular weight is 298 g/mol. The van der Waals surface area contributed by atoms with E-state index < -0.39 is 0 Å². The third-order valence-corrected chi connectivity index (χ3v) is 3.77. The van der Waals surface area contributed by atoms with Crippen LogP contribution >= 0.6 is 11.6 Å². The lowest BCUT2D eigenvalue weighted by molar-refractivity contribution is -0.131. The number of aryl methyl sites for hydroxylation is 1. The van der Waals surface area contributed by atoms with Gasteiger partial charge >= 0.3 is 0 Å². The van der Waals surface area contributed by atoms with Crippen LogP contribution in [0.4, 0.5) is 5.69 Å². The lowest BCUT2D eigenvalue weighted by Gasteiger charge is -2.23. The number of benzene rings is 1. The second-order valence-electron chi connectivity index (χ2n) is 4.81. The second-order valence-corrected chi connectivity index (χ2v) is 5.22. The van der Waals surface area contributed by atoms with Gasteiger partial charge in [-0.15, -0.1) is 0 Å². The lowest BCUT2D eigenvalue weighted by atomic mass is 10.1. The fraction of sp³-hybridized carbons (Fsp3) is 0.533. The third-order valence-electron chi connectivity index (χ3n) is 3.36. The molecule has 0 radical (unpaired) electrons. The van der Waals surface area contributed by atoms with Gasteiger partial charge in [-0.1, -0.05) is 17.7 Å². The Morgan fingerprint density at radius 2 is 2.05 bits per heavy atom. The second kappa shape index (κ2) is 8.12. The molecule has 1 unspecified atom stereocenters. The molecule has 1 aromatic carbocycles. The molecule has 0 saturated carbocycles. The summed E-state index contributed by atoms with van der Waals surface area (Å²) in [5.41, 5.74) is 7.67. The highest BCUT2D eigenvalue weighted by atomic mass is 35.5. The van der Waals surface area contributed by atoms with Crippen LogP contribution in [0.3, 0.4) is 0 Å². The number of rotatable bonds is 7. The topological polar surface area (TPSA) is 58.4 Å². The van der Waals surface area contributed by atoms with E-state index >= 15 is 0 Å². The highest BCUT2D eigenvalue weighted by Gasteiger charge is 2.16. The van der Waals surface area contributed by atoms with E-state index in [-0.39, 0.29) is 11.9 Å². The number of hydrogen-bond donors (Lipinski definition) is 2. The molecule has 1 atom stereocenters. The Labute approximate surface area is 126 Å². The number of hydrogen-bond acceptors (Lipinski definition) is 3. The fourth-order valence-electron chi connectivity index (χ4n) is 2.03. The van der Waals surface area contributed by atoms with E-state index in [1.54, 1.807) is 0 Å². The predicted molar refractivity (Wildman–Crippen MR) is 85.2 cm³/mol. The van der Waals surface area contributed by atoms with Crippen molar-refractivity contribution < 1.29 is 4.79 Å². The Balaban J connectivity index is 2.67. The van der Waals surface area contributed by atoms with Gasteiger partial charge in [-0.25, -0.2) is 0 Å². The van der Waals surface area contributed by atoms with Crippen LogP contribution in [-0.4, -0.2) is 36.5 Å². The van der Waals surface area contributed by atoms with Crippen LogP contribution in [0.5, 0.6) is 0 Å².